The van der Waals surface area contributed by atoms with E-state index in [1.165, 1.54) is 5.56 Å². The van der Waals surface area contributed by atoms with E-state index in [0.29, 0.717) is 6.61 Å². The van der Waals surface area contributed by atoms with Crippen molar-refractivity contribution < 1.29 is 4.74 Å². The first-order chi connectivity index (χ1) is 12.8. The summed E-state index contributed by atoms with van der Waals surface area (Å²) in [7, 11) is 0. The molecular formula is C22H21N3O. The Labute approximate surface area is 152 Å². The molecule has 0 saturated heterocycles. The Balaban J connectivity index is 1.43. The Morgan fingerprint density at radius 3 is 2.77 bits per heavy atom. The lowest BCUT2D eigenvalue weighted by molar-refractivity contribution is 0.311. The second kappa shape index (κ2) is 7.40. The first-order valence-electron chi connectivity index (χ1n) is 8.87. The Hall–Kier alpha value is -3.14. The van der Waals surface area contributed by atoms with Gasteiger partial charge in [-0.3, -0.25) is 10.1 Å². The number of hydrogen-bond donors (Lipinski definition) is 1. The zero-order chi connectivity index (χ0) is 17.8. The maximum absolute atomic E-state index is 5.93. The van der Waals surface area contributed by atoms with E-state index in [9.17, 15) is 0 Å². The topological polar surface area (TPSA) is 50.8 Å². The molecule has 0 fully saturated rings. The average molecular weight is 343 g/mol. The van der Waals surface area contributed by atoms with Crippen LogP contribution >= 0.6 is 0 Å². The van der Waals surface area contributed by atoms with E-state index in [1.807, 2.05) is 37.3 Å². The Kier molecular flexibility index (Phi) is 4.65. The molecule has 0 unspecified atom stereocenters. The van der Waals surface area contributed by atoms with Crippen molar-refractivity contribution >= 4 is 10.9 Å². The largest absolute Gasteiger partial charge is 0.493 e. The van der Waals surface area contributed by atoms with Crippen molar-refractivity contribution in [1.82, 2.24) is 15.2 Å². The van der Waals surface area contributed by atoms with Crippen molar-refractivity contribution in [3.8, 4) is 17.0 Å². The van der Waals surface area contributed by atoms with Crippen molar-refractivity contribution in [3.05, 3.63) is 78.1 Å². The van der Waals surface area contributed by atoms with Crippen LogP contribution in [0.4, 0.5) is 0 Å². The number of fused-ring (bicyclic) bond motifs is 1. The van der Waals surface area contributed by atoms with Crippen LogP contribution < -0.4 is 4.74 Å². The third-order valence-electron chi connectivity index (χ3n) is 4.49. The molecule has 0 aliphatic carbocycles. The van der Waals surface area contributed by atoms with E-state index in [-0.39, 0.29) is 0 Å². The van der Waals surface area contributed by atoms with Gasteiger partial charge in [-0.1, -0.05) is 36.4 Å². The van der Waals surface area contributed by atoms with Gasteiger partial charge in [0.15, 0.2) is 0 Å². The fourth-order valence-electron chi connectivity index (χ4n) is 3.07. The number of pyridine rings is 1. The highest BCUT2D eigenvalue weighted by molar-refractivity contribution is 5.85. The lowest BCUT2D eigenvalue weighted by atomic mass is 10.1. The number of nitrogens with zero attached hydrogens (tertiary/aromatic N) is 2. The smallest absolute Gasteiger partial charge is 0.122 e. The van der Waals surface area contributed by atoms with Gasteiger partial charge in [-0.05, 0) is 43.5 Å². The Bertz CT molecular complexity index is 1010. The van der Waals surface area contributed by atoms with Gasteiger partial charge in [0.2, 0.25) is 0 Å². The molecule has 0 saturated carbocycles. The predicted octanol–water partition coefficient (Wildman–Crippen LogP) is 4.94. The molecule has 26 heavy (non-hydrogen) atoms. The summed E-state index contributed by atoms with van der Waals surface area (Å²) >= 11 is 0. The number of H-pyrrole nitrogens is 1. The Morgan fingerprint density at radius 2 is 1.88 bits per heavy atom. The highest BCUT2D eigenvalue weighted by atomic mass is 16.5. The normalized spacial score (nSPS) is 11.0. The first kappa shape index (κ1) is 16.3. The van der Waals surface area contributed by atoms with Crippen LogP contribution in [0.2, 0.25) is 0 Å². The third-order valence-corrected chi connectivity index (χ3v) is 4.49. The number of aromatic nitrogens is 3. The van der Waals surface area contributed by atoms with Crippen molar-refractivity contribution in [1.29, 1.82) is 0 Å². The summed E-state index contributed by atoms with van der Waals surface area (Å²) in [6.07, 6.45) is 3.81. The molecule has 0 spiro atoms. The summed E-state index contributed by atoms with van der Waals surface area (Å²) in [4.78, 5) is 4.50. The summed E-state index contributed by atoms with van der Waals surface area (Å²) in [5.74, 6) is 0.854. The molecule has 2 heterocycles. The molecule has 0 amide bonds. The van der Waals surface area contributed by atoms with Crippen molar-refractivity contribution in [2.75, 3.05) is 6.61 Å². The molecule has 0 aliphatic heterocycles. The molecule has 0 radical (unpaired) electrons. The molecule has 1 N–H and O–H groups in total. The van der Waals surface area contributed by atoms with E-state index in [1.54, 1.807) is 6.20 Å². The van der Waals surface area contributed by atoms with Crippen LogP contribution in [-0.2, 0) is 6.42 Å². The van der Waals surface area contributed by atoms with Crippen LogP contribution in [0.5, 0.6) is 5.75 Å². The van der Waals surface area contributed by atoms with E-state index >= 15 is 0 Å². The summed E-state index contributed by atoms with van der Waals surface area (Å²) in [5, 5.41) is 8.42. The van der Waals surface area contributed by atoms with Crippen molar-refractivity contribution in [2.45, 2.75) is 19.8 Å². The lowest BCUT2D eigenvalue weighted by Crippen LogP contribution is -2.00. The molecule has 2 aromatic heterocycles. The van der Waals surface area contributed by atoms with Gasteiger partial charge in [-0.25, -0.2) is 0 Å². The van der Waals surface area contributed by atoms with Gasteiger partial charge in [0.1, 0.15) is 5.75 Å². The summed E-state index contributed by atoms with van der Waals surface area (Å²) in [6, 6.07) is 20.6. The van der Waals surface area contributed by atoms with Crippen LogP contribution in [0.1, 0.15) is 17.7 Å². The standard InChI is InChI=1S/C22H21N3O/c1-16-20-14-18(9-10-21(20)25-24-16)22-15-19(11-12-23-22)26-13-5-8-17-6-3-2-4-7-17/h2-4,6-7,9-12,14-15H,5,8,13H2,1H3,(H,24,25). The predicted molar refractivity (Wildman–Crippen MR) is 104 cm³/mol. The zero-order valence-corrected chi connectivity index (χ0v) is 14.8. The number of aromatic amines is 1. The highest BCUT2D eigenvalue weighted by Gasteiger charge is 2.06. The second-order valence-electron chi connectivity index (χ2n) is 6.39. The van der Waals surface area contributed by atoms with Crippen LogP contribution in [0.25, 0.3) is 22.2 Å². The van der Waals surface area contributed by atoms with Crippen molar-refractivity contribution in [2.24, 2.45) is 0 Å². The molecular weight excluding hydrogens is 322 g/mol. The van der Waals surface area contributed by atoms with E-state index in [0.717, 1.165) is 46.4 Å². The number of hydrogen-bond acceptors (Lipinski definition) is 3. The molecule has 2 aromatic carbocycles. The zero-order valence-electron chi connectivity index (χ0n) is 14.8. The molecule has 0 bridgehead atoms. The third kappa shape index (κ3) is 3.59. The fourth-order valence-corrected chi connectivity index (χ4v) is 3.07. The molecule has 130 valence electrons. The van der Waals surface area contributed by atoms with Crippen LogP contribution in [-0.4, -0.2) is 21.8 Å². The minimum absolute atomic E-state index is 0.693. The van der Waals surface area contributed by atoms with Gasteiger partial charge in [-0.2, -0.15) is 5.10 Å². The minimum Gasteiger partial charge on any atom is -0.493 e. The monoisotopic (exact) mass is 343 g/mol. The summed E-state index contributed by atoms with van der Waals surface area (Å²) in [6.45, 7) is 2.72. The number of aryl methyl sites for hydroxylation is 2. The number of rotatable bonds is 6. The quantitative estimate of drug-likeness (QED) is 0.504. The average Bonchev–Trinajstić information content (AvgIpc) is 3.07. The molecule has 0 atom stereocenters. The van der Waals surface area contributed by atoms with E-state index in [2.05, 4.69) is 45.5 Å². The number of benzene rings is 2. The lowest BCUT2D eigenvalue weighted by Gasteiger charge is -2.08. The fraction of sp³-hybridized carbons (Fsp3) is 0.182. The number of nitrogens with one attached hydrogen (secondary N) is 1. The van der Waals surface area contributed by atoms with Gasteiger partial charge in [0, 0.05) is 28.9 Å². The van der Waals surface area contributed by atoms with Gasteiger partial charge in [0.05, 0.1) is 17.8 Å². The second-order valence-corrected chi connectivity index (χ2v) is 6.39. The van der Waals surface area contributed by atoms with E-state index in [4.69, 9.17) is 4.74 Å². The Morgan fingerprint density at radius 1 is 1.00 bits per heavy atom. The van der Waals surface area contributed by atoms with Crippen molar-refractivity contribution in [3.63, 3.8) is 0 Å². The van der Waals surface area contributed by atoms with Crippen LogP contribution in [0.3, 0.4) is 0 Å². The van der Waals surface area contributed by atoms with Gasteiger partial charge >= 0.3 is 0 Å². The summed E-state index contributed by atoms with van der Waals surface area (Å²) in [5.41, 5.74) is 5.36. The van der Waals surface area contributed by atoms with Gasteiger partial charge in [0.25, 0.3) is 0 Å². The molecule has 4 nitrogen and oxygen atoms in total. The maximum Gasteiger partial charge on any atom is 0.122 e. The van der Waals surface area contributed by atoms with Gasteiger partial charge < -0.3 is 4.74 Å². The molecule has 4 rings (SSSR count). The molecule has 4 heteroatoms. The number of ether oxygens (including phenoxy) is 1. The highest BCUT2D eigenvalue weighted by Crippen LogP contribution is 2.26. The maximum atomic E-state index is 5.93. The SMILES string of the molecule is Cc1[nH]nc2ccc(-c3cc(OCCCc4ccccc4)ccn3)cc12. The summed E-state index contributed by atoms with van der Waals surface area (Å²) < 4.78 is 5.93. The van der Waals surface area contributed by atoms with Gasteiger partial charge in [-0.15, -0.1) is 0 Å². The van der Waals surface area contributed by atoms with E-state index < -0.39 is 0 Å². The molecule has 0 aliphatic rings. The molecule has 4 aromatic rings. The minimum atomic E-state index is 0.693. The first-order valence-corrected chi connectivity index (χ1v) is 8.87. The van der Waals surface area contributed by atoms with Crippen LogP contribution in [0, 0.1) is 6.92 Å². The van der Waals surface area contributed by atoms with Crippen LogP contribution in [0.15, 0.2) is 66.9 Å².